The summed E-state index contributed by atoms with van der Waals surface area (Å²) < 4.78 is 0. The van der Waals surface area contributed by atoms with Crippen LogP contribution in [-0.2, 0) is 0 Å². The third-order valence-electron chi connectivity index (χ3n) is 2.53. The van der Waals surface area contributed by atoms with E-state index in [0.29, 0.717) is 12.1 Å². The smallest absolute Gasteiger partial charge is 0.0294 e. The molecular formula is C13H21NS. The second-order valence-electron chi connectivity index (χ2n) is 4.16. The van der Waals surface area contributed by atoms with Crippen molar-refractivity contribution >= 4 is 11.8 Å². The van der Waals surface area contributed by atoms with E-state index in [0.717, 1.165) is 5.75 Å². The lowest BCUT2D eigenvalue weighted by molar-refractivity contribution is 0.511. The number of thioether (sulfide) groups is 1. The van der Waals surface area contributed by atoms with Crippen molar-refractivity contribution in [2.75, 3.05) is 12.0 Å². The van der Waals surface area contributed by atoms with Crippen molar-refractivity contribution in [3.8, 4) is 0 Å². The first-order valence-corrected chi connectivity index (χ1v) is 6.84. The second-order valence-corrected chi connectivity index (χ2v) is 5.07. The molecule has 0 saturated carbocycles. The zero-order valence-electron chi connectivity index (χ0n) is 10.1. The predicted octanol–water partition coefficient (Wildman–Crippen LogP) is 3.40. The molecule has 0 aliphatic heterocycles. The number of aryl methyl sites for hydroxylation is 1. The van der Waals surface area contributed by atoms with Crippen LogP contribution in [0.15, 0.2) is 24.3 Å². The van der Waals surface area contributed by atoms with Gasteiger partial charge in [-0.3, -0.25) is 0 Å². The Hall–Kier alpha value is -0.470. The largest absolute Gasteiger partial charge is 0.307 e. The van der Waals surface area contributed by atoms with E-state index in [4.69, 9.17) is 0 Å². The molecule has 0 bridgehead atoms. The highest BCUT2D eigenvalue weighted by Gasteiger charge is 2.08. The van der Waals surface area contributed by atoms with Crippen molar-refractivity contribution in [3.63, 3.8) is 0 Å². The molecular weight excluding hydrogens is 202 g/mol. The van der Waals surface area contributed by atoms with Crippen LogP contribution in [0.4, 0.5) is 0 Å². The molecule has 1 nitrogen and oxygen atoms in total. The van der Waals surface area contributed by atoms with Gasteiger partial charge in [-0.15, -0.1) is 0 Å². The average Bonchev–Trinajstić information content (AvgIpc) is 2.18. The number of nitrogens with one attached hydrogen (secondary N) is 1. The highest BCUT2D eigenvalue weighted by atomic mass is 32.2. The number of rotatable bonds is 5. The highest BCUT2D eigenvalue weighted by molar-refractivity contribution is 7.98. The van der Waals surface area contributed by atoms with Crippen LogP contribution < -0.4 is 5.32 Å². The standard InChI is InChI=1S/C13H21NS/c1-10-5-7-13(8-6-10)12(3)14-11(2)9-15-4/h5-8,11-12,14H,9H2,1-4H3. The van der Waals surface area contributed by atoms with E-state index in [-0.39, 0.29) is 0 Å². The first kappa shape index (κ1) is 12.6. The molecule has 0 aromatic heterocycles. The van der Waals surface area contributed by atoms with Crippen LogP contribution in [0.25, 0.3) is 0 Å². The molecule has 2 heteroatoms. The molecule has 1 aromatic carbocycles. The zero-order valence-corrected chi connectivity index (χ0v) is 10.9. The van der Waals surface area contributed by atoms with E-state index >= 15 is 0 Å². The summed E-state index contributed by atoms with van der Waals surface area (Å²) in [6.45, 7) is 6.58. The van der Waals surface area contributed by atoms with Gasteiger partial charge in [-0.2, -0.15) is 11.8 Å². The summed E-state index contributed by atoms with van der Waals surface area (Å²) in [5, 5.41) is 3.60. The molecule has 1 aromatic rings. The van der Waals surface area contributed by atoms with Crippen LogP contribution in [0.5, 0.6) is 0 Å². The minimum absolute atomic E-state index is 0.438. The normalized spacial score (nSPS) is 14.9. The van der Waals surface area contributed by atoms with Gasteiger partial charge in [0.25, 0.3) is 0 Å². The molecule has 0 fully saturated rings. The third-order valence-corrected chi connectivity index (χ3v) is 3.36. The van der Waals surface area contributed by atoms with Crippen LogP contribution in [-0.4, -0.2) is 18.1 Å². The summed E-state index contributed by atoms with van der Waals surface area (Å²) in [7, 11) is 0. The van der Waals surface area contributed by atoms with Gasteiger partial charge in [0, 0.05) is 17.8 Å². The van der Waals surface area contributed by atoms with Gasteiger partial charge in [-0.1, -0.05) is 29.8 Å². The van der Waals surface area contributed by atoms with E-state index < -0.39 is 0 Å². The summed E-state index contributed by atoms with van der Waals surface area (Å²) in [4.78, 5) is 0. The maximum Gasteiger partial charge on any atom is 0.0294 e. The van der Waals surface area contributed by atoms with Crippen LogP contribution in [0.1, 0.15) is 31.0 Å². The van der Waals surface area contributed by atoms with Crippen molar-refractivity contribution in [2.45, 2.75) is 32.9 Å². The predicted molar refractivity (Wildman–Crippen MR) is 70.6 cm³/mol. The van der Waals surface area contributed by atoms with Crippen LogP contribution in [0, 0.1) is 6.92 Å². The molecule has 84 valence electrons. The molecule has 2 atom stereocenters. The second kappa shape index (κ2) is 6.19. The van der Waals surface area contributed by atoms with E-state index in [1.165, 1.54) is 11.1 Å². The lowest BCUT2D eigenvalue weighted by atomic mass is 10.1. The lowest BCUT2D eigenvalue weighted by Crippen LogP contribution is -2.30. The summed E-state index contributed by atoms with van der Waals surface area (Å²) in [6.07, 6.45) is 2.15. The molecule has 0 amide bonds. The lowest BCUT2D eigenvalue weighted by Gasteiger charge is -2.19. The van der Waals surface area contributed by atoms with Crippen molar-refractivity contribution in [1.29, 1.82) is 0 Å². The van der Waals surface area contributed by atoms with Crippen molar-refractivity contribution in [3.05, 3.63) is 35.4 Å². The first-order chi connectivity index (χ1) is 7.13. The Bertz CT molecular complexity index is 281. The fraction of sp³-hybridized carbons (Fsp3) is 0.538. The number of hydrogen-bond donors (Lipinski definition) is 1. The van der Waals surface area contributed by atoms with E-state index in [2.05, 4.69) is 56.6 Å². The molecule has 1 N–H and O–H groups in total. The molecule has 0 aliphatic carbocycles. The molecule has 0 spiro atoms. The van der Waals surface area contributed by atoms with Crippen LogP contribution in [0.2, 0.25) is 0 Å². The molecule has 15 heavy (non-hydrogen) atoms. The van der Waals surface area contributed by atoms with Gasteiger partial charge in [0.2, 0.25) is 0 Å². The number of benzene rings is 1. The fourth-order valence-electron chi connectivity index (χ4n) is 1.68. The van der Waals surface area contributed by atoms with Gasteiger partial charge in [-0.25, -0.2) is 0 Å². The molecule has 0 saturated heterocycles. The van der Waals surface area contributed by atoms with Crippen molar-refractivity contribution in [1.82, 2.24) is 5.32 Å². The SMILES string of the molecule is CSCC(C)NC(C)c1ccc(C)cc1. The first-order valence-electron chi connectivity index (χ1n) is 5.45. The minimum Gasteiger partial charge on any atom is -0.307 e. The van der Waals surface area contributed by atoms with Crippen molar-refractivity contribution < 1.29 is 0 Å². The topological polar surface area (TPSA) is 12.0 Å². The Morgan fingerprint density at radius 2 is 1.80 bits per heavy atom. The molecule has 2 unspecified atom stereocenters. The summed E-state index contributed by atoms with van der Waals surface area (Å²) in [5.41, 5.74) is 2.69. The maximum atomic E-state index is 3.60. The molecule has 0 radical (unpaired) electrons. The maximum absolute atomic E-state index is 3.60. The van der Waals surface area contributed by atoms with Crippen LogP contribution in [0.3, 0.4) is 0 Å². The van der Waals surface area contributed by atoms with E-state index in [1.54, 1.807) is 0 Å². The van der Waals surface area contributed by atoms with Gasteiger partial charge >= 0.3 is 0 Å². The summed E-state index contributed by atoms with van der Waals surface area (Å²) in [6, 6.07) is 9.76. The minimum atomic E-state index is 0.438. The highest BCUT2D eigenvalue weighted by Crippen LogP contribution is 2.14. The fourth-order valence-corrected chi connectivity index (χ4v) is 2.27. The number of hydrogen-bond acceptors (Lipinski definition) is 2. The summed E-state index contributed by atoms with van der Waals surface area (Å²) >= 11 is 1.89. The van der Waals surface area contributed by atoms with E-state index in [1.807, 2.05) is 11.8 Å². The van der Waals surface area contributed by atoms with Gasteiger partial charge in [0.05, 0.1) is 0 Å². The average molecular weight is 223 g/mol. The Balaban J connectivity index is 2.53. The Morgan fingerprint density at radius 1 is 1.20 bits per heavy atom. The van der Waals surface area contributed by atoms with Gasteiger partial charge in [0.1, 0.15) is 0 Å². The Kier molecular flexibility index (Phi) is 5.20. The molecule has 0 heterocycles. The van der Waals surface area contributed by atoms with Crippen LogP contribution >= 0.6 is 11.8 Å². The van der Waals surface area contributed by atoms with Gasteiger partial charge in [-0.05, 0) is 32.6 Å². The monoisotopic (exact) mass is 223 g/mol. The Labute approximate surface area is 97.7 Å². The molecule has 0 aliphatic rings. The van der Waals surface area contributed by atoms with Crippen molar-refractivity contribution in [2.24, 2.45) is 0 Å². The quantitative estimate of drug-likeness (QED) is 0.821. The zero-order chi connectivity index (χ0) is 11.3. The Morgan fingerprint density at radius 3 is 2.33 bits per heavy atom. The third kappa shape index (κ3) is 4.27. The molecule has 1 rings (SSSR count). The van der Waals surface area contributed by atoms with Gasteiger partial charge < -0.3 is 5.32 Å². The van der Waals surface area contributed by atoms with Gasteiger partial charge in [0.15, 0.2) is 0 Å². The van der Waals surface area contributed by atoms with E-state index in [9.17, 15) is 0 Å². The summed E-state index contributed by atoms with van der Waals surface area (Å²) in [5.74, 6) is 1.16.